The smallest absolute Gasteiger partial charge is 0.0547 e. The standard InChI is InChI=1S/C50H40N2/c1-34(2)42(37-17-8-5-9-18-37)28-25-35(3)51-47-23-12-11-22-44(47)46-32-39(27-30-49(46)51)40-26-29-45-43-21-10-13-24-48(43)52(50(45)33-40)41-20-14-19-38(31-41)36-15-6-4-7-16-36/h4-26,28-29,31-33H,3,27,30H2,1-2H3. The number of fused-ring (bicyclic) bond motifs is 6. The van der Waals surface area contributed by atoms with Gasteiger partial charge in [0.25, 0.3) is 0 Å². The van der Waals surface area contributed by atoms with Crippen LogP contribution in [-0.4, -0.2) is 9.13 Å². The highest BCUT2D eigenvalue weighted by Gasteiger charge is 2.22. The van der Waals surface area contributed by atoms with Crippen LogP contribution >= 0.6 is 0 Å². The lowest BCUT2D eigenvalue weighted by molar-refractivity contribution is 0.912. The zero-order valence-electron chi connectivity index (χ0n) is 29.7. The largest absolute Gasteiger partial charge is 0.314 e. The summed E-state index contributed by atoms with van der Waals surface area (Å²) in [6.45, 7) is 8.95. The zero-order valence-corrected chi connectivity index (χ0v) is 29.7. The van der Waals surface area contributed by atoms with Crippen LogP contribution in [0.3, 0.4) is 0 Å². The number of benzene rings is 6. The summed E-state index contributed by atoms with van der Waals surface area (Å²) in [5.41, 5.74) is 17.2. The molecular formula is C50H40N2. The molecule has 0 aliphatic heterocycles. The fraction of sp³-hybridized carbons (Fsp3) is 0.0800. The second kappa shape index (κ2) is 13.1. The number of aromatic nitrogens is 2. The number of rotatable bonds is 7. The first-order valence-corrected chi connectivity index (χ1v) is 18.2. The van der Waals surface area contributed by atoms with Crippen molar-refractivity contribution < 1.29 is 0 Å². The van der Waals surface area contributed by atoms with Gasteiger partial charge >= 0.3 is 0 Å². The monoisotopic (exact) mass is 668 g/mol. The molecule has 0 spiro atoms. The van der Waals surface area contributed by atoms with E-state index >= 15 is 0 Å². The van der Waals surface area contributed by atoms with E-state index in [-0.39, 0.29) is 0 Å². The first kappa shape index (κ1) is 31.6. The molecule has 1 aliphatic carbocycles. The second-order valence-electron chi connectivity index (χ2n) is 14.0. The molecule has 0 saturated carbocycles. The average Bonchev–Trinajstić information content (AvgIpc) is 3.71. The van der Waals surface area contributed by atoms with Crippen molar-refractivity contribution in [2.24, 2.45) is 0 Å². The highest BCUT2D eigenvalue weighted by atomic mass is 15.0. The van der Waals surface area contributed by atoms with Crippen LogP contribution in [-0.2, 0) is 6.42 Å². The molecule has 8 aromatic rings. The normalized spacial score (nSPS) is 12.8. The molecule has 0 N–H and O–H groups in total. The summed E-state index contributed by atoms with van der Waals surface area (Å²) in [7, 11) is 0. The van der Waals surface area contributed by atoms with Crippen LogP contribution in [0.25, 0.3) is 72.4 Å². The number of hydrogen-bond acceptors (Lipinski definition) is 0. The second-order valence-corrected chi connectivity index (χ2v) is 14.0. The van der Waals surface area contributed by atoms with Crippen LogP contribution in [0, 0.1) is 0 Å². The van der Waals surface area contributed by atoms with Gasteiger partial charge in [-0.05, 0) is 103 Å². The Balaban J connectivity index is 1.14. The maximum Gasteiger partial charge on any atom is 0.0547 e. The first-order chi connectivity index (χ1) is 25.5. The Morgan fingerprint density at radius 1 is 0.558 bits per heavy atom. The summed E-state index contributed by atoms with van der Waals surface area (Å²) in [5.74, 6) is 0. The summed E-state index contributed by atoms with van der Waals surface area (Å²) >= 11 is 0. The third-order valence-corrected chi connectivity index (χ3v) is 10.6. The number of nitrogens with zero attached hydrogens (tertiary/aromatic N) is 2. The number of para-hydroxylation sites is 2. The predicted octanol–water partition coefficient (Wildman–Crippen LogP) is 13.4. The maximum atomic E-state index is 4.61. The number of allylic oxidation sites excluding steroid dienone is 6. The van der Waals surface area contributed by atoms with Crippen LogP contribution < -0.4 is 0 Å². The quantitative estimate of drug-likeness (QED) is 0.150. The Hall–Kier alpha value is -6.38. The minimum atomic E-state index is 0.942. The summed E-state index contributed by atoms with van der Waals surface area (Å²) in [5, 5.41) is 3.81. The van der Waals surface area contributed by atoms with E-state index in [0.29, 0.717) is 0 Å². The lowest BCUT2D eigenvalue weighted by Crippen LogP contribution is -2.05. The molecule has 6 aromatic carbocycles. The highest BCUT2D eigenvalue weighted by molar-refractivity contribution is 6.10. The predicted molar refractivity (Wildman–Crippen MR) is 224 cm³/mol. The van der Waals surface area contributed by atoms with Crippen molar-refractivity contribution in [3.05, 3.63) is 198 Å². The van der Waals surface area contributed by atoms with Crippen LogP contribution in [0.4, 0.5) is 0 Å². The van der Waals surface area contributed by atoms with Gasteiger partial charge in [0.1, 0.15) is 0 Å². The molecule has 2 heterocycles. The molecule has 0 radical (unpaired) electrons. The Morgan fingerprint density at radius 2 is 1.23 bits per heavy atom. The van der Waals surface area contributed by atoms with E-state index in [1.807, 2.05) is 0 Å². The van der Waals surface area contributed by atoms with Crippen molar-refractivity contribution in [3.8, 4) is 16.8 Å². The summed E-state index contributed by atoms with van der Waals surface area (Å²) < 4.78 is 4.82. The molecule has 0 fully saturated rings. The SMILES string of the molecule is C=C(C=CC(=C(C)C)c1ccccc1)n1c2c(c3ccccc31)C=C(c1ccc3c4ccccc4n(-c4cccc(-c5ccccc5)c4)c3c1)CC2. The van der Waals surface area contributed by atoms with Gasteiger partial charge in [-0.1, -0.05) is 140 Å². The van der Waals surface area contributed by atoms with Crippen LogP contribution in [0.1, 0.15) is 42.7 Å². The lowest BCUT2D eigenvalue weighted by Gasteiger charge is -2.18. The Kier molecular flexibility index (Phi) is 7.94. The van der Waals surface area contributed by atoms with E-state index in [1.165, 1.54) is 88.6 Å². The summed E-state index contributed by atoms with van der Waals surface area (Å²) in [6.07, 6.45) is 8.74. The Morgan fingerprint density at radius 3 is 2.02 bits per heavy atom. The van der Waals surface area contributed by atoms with E-state index in [1.54, 1.807) is 0 Å². The van der Waals surface area contributed by atoms with Gasteiger partial charge < -0.3 is 9.13 Å². The van der Waals surface area contributed by atoms with Gasteiger partial charge in [0.2, 0.25) is 0 Å². The molecule has 9 rings (SSSR count). The van der Waals surface area contributed by atoms with E-state index in [2.05, 4.69) is 199 Å². The minimum Gasteiger partial charge on any atom is -0.314 e. The molecule has 2 nitrogen and oxygen atoms in total. The van der Waals surface area contributed by atoms with Gasteiger partial charge in [-0.15, -0.1) is 0 Å². The molecule has 1 aliphatic rings. The summed E-state index contributed by atoms with van der Waals surface area (Å²) in [6, 6.07) is 54.8. The zero-order chi connectivity index (χ0) is 35.2. The average molecular weight is 669 g/mol. The third kappa shape index (κ3) is 5.45. The van der Waals surface area contributed by atoms with Crippen LogP contribution in [0.2, 0.25) is 0 Å². The van der Waals surface area contributed by atoms with Crippen molar-refractivity contribution in [1.29, 1.82) is 0 Å². The van der Waals surface area contributed by atoms with Gasteiger partial charge in [0.05, 0.1) is 16.6 Å². The first-order valence-electron chi connectivity index (χ1n) is 18.2. The molecular weight excluding hydrogens is 629 g/mol. The van der Waals surface area contributed by atoms with Gasteiger partial charge in [0.15, 0.2) is 0 Å². The molecule has 52 heavy (non-hydrogen) atoms. The molecule has 0 saturated heterocycles. The topological polar surface area (TPSA) is 9.86 Å². The van der Waals surface area contributed by atoms with Gasteiger partial charge in [-0.25, -0.2) is 0 Å². The molecule has 2 aromatic heterocycles. The third-order valence-electron chi connectivity index (χ3n) is 10.6. The van der Waals surface area contributed by atoms with Crippen molar-refractivity contribution in [3.63, 3.8) is 0 Å². The van der Waals surface area contributed by atoms with Crippen molar-refractivity contribution >= 4 is 55.6 Å². The van der Waals surface area contributed by atoms with E-state index in [4.69, 9.17) is 0 Å². The molecule has 250 valence electrons. The fourth-order valence-corrected chi connectivity index (χ4v) is 8.11. The molecule has 0 amide bonds. The van der Waals surface area contributed by atoms with Crippen molar-refractivity contribution in [1.82, 2.24) is 9.13 Å². The fourth-order valence-electron chi connectivity index (χ4n) is 8.11. The summed E-state index contributed by atoms with van der Waals surface area (Å²) in [4.78, 5) is 0. The molecule has 0 atom stereocenters. The Bertz CT molecular complexity index is 2740. The van der Waals surface area contributed by atoms with Gasteiger partial charge in [0, 0.05) is 38.8 Å². The van der Waals surface area contributed by atoms with Crippen molar-refractivity contribution in [2.75, 3.05) is 0 Å². The molecule has 0 bridgehead atoms. The molecule has 2 heteroatoms. The van der Waals surface area contributed by atoms with Crippen LogP contribution in [0.15, 0.2) is 176 Å². The Labute approximate surface area is 305 Å². The highest BCUT2D eigenvalue weighted by Crippen LogP contribution is 2.41. The van der Waals surface area contributed by atoms with Gasteiger partial charge in [-0.2, -0.15) is 0 Å². The maximum absolute atomic E-state index is 4.61. The van der Waals surface area contributed by atoms with Gasteiger partial charge in [-0.3, -0.25) is 0 Å². The van der Waals surface area contributed by atoms with Crippen LogP contribution in [0.5, 0.6) is 0 Å². The van der Waals surface area contributed by atoms with E-state index in [0.717, 1.165) is 18.5 Å². The van der Waals surface area contributed by atoms with E-state index < -0.39 is 0 Å². The van der Waals surface area contributed by atoms with E-state index in [9.17, 15) is 0 Å². The number of hydrogen-bond donors (Lipinski definition) is 0. The minimum absolute atomic E-state index is 0.942. The van der Waals surface area contributed by atoms with Crippen molar-refractivity contribution in [2.45, 2.75) is 26.7 Å². The molecule has 0 unspecified atom stereocenters. The lowest BCUT2D eigenvalue weighted by atomic mass is 9.91.